The SMILES string of the molecule is CN1Cc2nc(C(=O)N3CCOCC3)n(C)c2C1. The van der Waals surface area contributed by atoms with Crippen LogP contribution in [0.25, 0.3) is 0 Å². The van der Waals surface area contributed by atoms with Gasteiger partial charge in [0.2, 0.25) is 0 Å². The number of morpholine rings is 1. The van der Waals surface area contributed by atoms with Gasteiger partial charge in [0.05, 0.1) is 24.6 Å². The summed E-state index contributed by atoms with van der Waals surface area (Å²) in [5.41, 5.74) is 2.20. The summed E-state index contributed by atoms with van der Waals surface area (Å²) in [6.45, 7) is 4.28. The molecule has 0 atom stereocenters. The van der Waals surface area contributed by atoms with Crippen LogP contribution >= 0.6 is 0 Å². The zero-order chi connectivity index (χ0) is 12.7. The average Bonchev–Trinajstić information content (AvgIpc) is 2.88. The van der Waals surface area contributed by atoms with Gasteiger partial charge in [-0.15, -0.1) is 0 Å². The van der Waals surface area contributed by atoms with Crippen molar-refractivity contribution in [2.75, 3.05) is 33.4 Å². The van der Waals surface area contributed by atoms with Crippen molar-refractivity contribution in [3.05, 3.63) is 17.2 Å². The molecule has 98 valence electrons. The summed E-state index contributed by atoms with van der Waals surface area (Å²) in [7, 11) is 3.99. The fourth-order valence-electron chi connectivity index (χ4n) is 2.58. The monoisotopic (exact) mass is 250 g/mol. The van der Waals surface area contributed by atoms with Crippen molar-refractivity contribution in [3.8, 4) is 0 Å². The Morgan fingerprint density at radius 3 is 2.61 bits per heavy atom. The standard InChI is InChI=1S/C12H18N4O2/c1-14-7-9-10(8-14)15(2)11(13-9)12(17)16-3-5-18-6-4-16/h3-8H2,1-2H3. The summed E-state index contributed by atoms with van der Waals surface area (Å²) in [5, 5.41) is 0. The van der Waals surface area contributed by atoms with Crippen LogP contribution in [0.15, 0.2) is 0 Å². The number of amides is 1. The highest BCUT2D eigenvalue weighted by Gasteiger charge is 2.28. The summed E-state index contributed by atoms with van der Waals surface area (Å²) < 4.78 is 7.20. The van der Waals surface area contributed by atoms with Crippen LogP contribution < -0.4 is 0 Å². The Kier molecular flexibility index (Phi) is 2.83. The first kappa shape index (κ1) is 11.7. The number of fused-ring (bicyclic) bond motifs is 1. The third-order valence-corrected chi connectivity index (χ3v) is 3.63. The number of carbonyl (C=O) groups is 1. The minimum Gasteiger partial charge on any atom is -0.378 e. The van der Waals surface area contributed by atoms with Crippen molar-refractivity contribution in [1.82, 2.24) is 19.4 Å². The van der Waals surface area contributed by atoms with Gasteiger partial charge in [0.1, 0.15) is 0 Å². The van der Waals surface area contributed by atoms with E-state index in [1.807, 2.05) is 16.5 Å². The Morgan fingerprint density at radius 1 is 1.22 bits per heavy atom. The molecule has 0 unspecified atom stereocenters. The van der Waals surface area contributed by atoms with Crippen LogP contribution in [-0.4, -0.2) is 58.6 Å². The van der Waals surface area contributed by atoms with Crippen molar-refractivity contribution in [1.29, 1.82) is 0 Å². The largest absolute Gasteiger partial charge is 0.378 e. The maximum absolute atomic E-state index is 12.4. The van der Waals surface area contributed by atoms with Gasteiger partial charge in [-0.25, -0.2) is 4.98 Å². The molecule has 18 heavy (non-hydrogen) atoms. The van der Waals surface area contributed by atoms with Crippen LogP contribution in [0.1, 0.15) is 22.0 Å². The van der Waals surface area contributed by atoms with Gasteiger partial charge in [0, 0.05) is 33.2 Å². The second-order valence-electron chi connectivity index (χ2n) is 4.96. The lowest BCUT2D eigenvalue weighted by Gasteiger charge is -2.26. The van der Waals surface area contributed by atoms with Crippen LogP contribution in [0.3, 0.4) is 0 Å². The number of hydrogen-bond acceptors (Lipinski definition) is 4. The van der Waals surface area contributed by atoms with Crippen molar-refractivity contribution >= 4 is 5.91 Å². The van der Waals surface area contributed by atoms with Gasteiger partial charge < -0.3 is 14.2 Å². The molecule has 2 aliphatic rings. The quantitative estimate of drug-likeness (QED) is 0.695. The van der Waals surface area contributed by atoms with E-state index in [1.54, 1.807) is 0 Å². The second kappa shape index (κ2) is 4.37. The van der Waals surface area contributed by atoms with Gasteiger partial charge in [-0.05, 0) is 7.05 Å². The molecule has 2 aliphatic heterocycles. The molecule has 1 amide bonds. The molecular formula is C12H18N4O2. The van der Waals surface area contributed by atoms with E-state index in [9.17, 15) is 4.79 Å². The highest BCUT2D eigenvalue weighted by molar-refractivity contribution is 5.91. The lowest BCUT2D eigenvalue weighted by molar-refractivity contribution is 0.0292. The van der Waals surface area contributed by atoms with Crippen molar-refractivity contribution in [2.45, 2.75) is 13.1 Å². The molecule has 0 bridgehead atoms. The zero-order valence-electron chi connectivity index (χ0n) is 10.8. The molecule has 0 N–H and O–H groups in total. The van der Waals surface area contributed by atoms with Crippen LogP contribution in [0.5, 0.6) is 0 Å². The maximum Gasteiger partial charge on any atom is 0.290 e. The average molecular weight is 250 g/mol. The maximum atomic E-state index is 12.4. The normalized spacial score (nSPS) is 20.2. The van der Waals surface area contributed by atoms with E-state index in [0.29, 0.717) is 32.1 Å². The predicted octanol–water partition coefficient (Wildman–Crippen LogP) is -0.162. The Balaban J connectivity index is 1.85. The van der Waals surface area contributed by atoms with E-state index in [2.05, 4.69) is 16.9 Å². The minimum atomic E-state index is 0.0258. The molecule has 1 saturated heterocycles. The van der Waals surface area contributed by atoms with Gasteiger partial charge in [0.15, 0.2) is 5.82 Å². The third kappa shape index (κ3) is 1.81. The zero-order valence-corrected chi connectivity index (χ0v) is 10.8. The van der Waals surface area contributed by atoms with Crippen LogP contribution in [-0.2, 0) is 24.9 Å². The van der Waals surface area contributed by atoms with Crippen LogP contribution in [0, 0.1) is 0 Å². The van der Waals surface area contributed by atoms with Crippen molar-refractivity contribution in [3.63, 3.8) is 0 Å². The Bertz CT molecular complexity index is 477. The molecule has 3 heterocycles. The minimum absolute atomic E-state index is 0.0258. The molecule has 0 radical (unpaired) electrons. The first-order valence-electron chi connectivity index (χ1n) is 6.27. The first-order chi connectivity index (χ1) is 8.66. The van der Waals surface area contributed by atoms with E-state index in [4.69, 9.17) is 4.74 Å². The van der Waals surface area contributed by atoms with Gasteiger partial charge in [-0.1, -0.05) is 0 Å². The summed E-state index contributed by atoms with van der Waals surface area (Å²) in [4.78, 5) is 20.9. The lowest BCUT2D eigenvalue weighted by Crippen LogP contribution is -2.41. The van der Waals surface area contributed by atoms with Gasteiger partial charge in [-0.3, -0.25) is 9.69 Å². The summed E-state index contributed by atoms with van der Waals surface area (Å²) in [6, 6.07) is 0. The number of aromatic nitrogens is 2. The fraction of sp³-hybridized carbons (Fsp3) is 0.667. The van der Waals surface area contributed by atoms with E-state index in [1.165, 1.54) is 0 Å². The highest BCUT2D eigenvalue weighted by Crippen LogP contribution is 2.22. The summed E-state index contributed by atoms with van der Waals surface area (Å²) >= 11 is 0. The number of rotatable bonds is 1. The molecule has 6 heteroatoms. The topological polar surface area (TPSA) is 50.6 Å². The number of ether oxygens (including phenoxy) is 1. The number of carbonyl (C=O) groups excluding carboxylic acids is 1. The molecule has 3 rings (SSSR count). The number of hydrogen-bond donors (Lipinski definition) is 0. The number of imidazole rings is 1. The first-order valence-corrected chi connectivity index (χ1v) is 6.27. The highest BCUT2D eigenvalue weighted by atomic mass is 16.5. The molecule has 1 aromatic heterocycles. The van der Waals surface area contributed by atoms with E-state index in [-0.39, 0.29) is 5.91 Å². The molecule has 0 aliphatic carbocycles. The Labute approximate surface area is 106 Å². The van der Waals surface area contributed by atoms with Crippen molar-refractivity contribution in [2.24, 2.45) is 7.05 Å². The van der Waals surface area contributed by atoms with E-state index < -0.39 is 0 Å². The molecule has 6 nitrogen and oxygen atoms in total. The molecule has 0 spiro atoms. The van der Waals surface area contributed by atoms with E-state index in [0.717, 1.165) is 24.5 Å². The van der Waals surface area contributed by atoms with Gasteiger partial charge in [-0.2, -0.15) is 0 Å². The van der Waals surface area contributed by atoms with Crippen LogP contribution in [0.4, 0.5) is 0 Å². The predicted molar refractivity (Wildman–Crippen MR) is 65.1 cm³/mol. The number of nitrogens with zero attached hydrogens (tertiary/aromatic N) is 4. The summed E-state index contributed by atoms with van der Waals surface area (Å²) in [6.07, 6.45) is 0. The fourth-order valence-corrected chi connectivity index (χ4v) is 2.58. The molecule has 1 aromatic rings. The molecule has 1 fully saturated rings. The van der Waals surface area contributed by atoms with Crippen molar-refractivity contribution < 1.29 is 9.53 Å². The van der Waals surface area contributed by atoms with Crippen LogP contribution in [0.2, 0.25) is 0 Å². The van der Waals surface area contributed by atoms with Gasteiger partial charge >= 0.3 is 0 Å². The molecular weight excluding hydrogens is 232 g/mol. The Morgan fingerprint density at radius 2 is 1.94 bits per heavy atom. The second-order valence-corrected chi connectivity index (χ2v) is 4.96. The molecule has 0 aromatic carbocycles. The Hall–Kier alpha value is -1.40. The lowest BCUT2D eigenvalue weighted by atomic mass is 10.4. The smallest absolute Gasteiger partial charge is 0.290 e. The third-order valence-electron chi connectivity index (χ3n) is 3.63. The van der Waals surface area contributed by atoms with E-state index >= 15 is 0 Å². The van der Waals surface area contributed by atoms with Gasteiger partial charge in [0.25, 0.3) is 5.91 Å². The molecule has 0 saturated carbocycles. The summed E-state index contributed by atoms with van der Waals surface area (Å²) in [5.74, 6) is 0.591.